The summed E-state index contributed by atoms with van der Waals surface area (Å²) in [5, 5.41) is 3.56. The lowest BCUT2D eigenvalue weighted by atomic mass is 9.94. The second-order valence-electron chi connectivity index (χ2n) is 4.26. The normalized spacial score (nSPS) is 15.0. The number of ether oxygens (including phenoxy) is 2. The first-order chi connectivity index (χ1) is 7.76. The molecule has 0 aromatic heterocycles. The first-order valence-electron chi connectivity index (χ1n) is 6.56. The van der Waals surface area contributed by atoms with Crippen LogP contribution in [0.2, 0.25) is 0 Å². The van der Waals surface area contributed by atoms with Gasteiger partial charge in [0.05, 0.1) is 0 Å². The summed E-state index contributed by atoms with van der Waals surface area (Å²) < 4.78 is 10.5. The molecule has 0 spiro atoms. The maximum absolute atomic E-state index is 5.37. The Morgan fingerprint density at radius 1 is 1.12 bits per heavy atom. The van der Waals surface area contributed by atoms with E-state index in [1.165, 1.54) is 6.42 Å². The highest BCUT2D eigenvalue weighted by molar-refractivity contribution is 4.72. The van der Waals surface area contributed by atoms with Gasteiger partial charge in [0.2, 0.25) is 0 Å². The minimum atomic E-state index is 0.598. The molecule has 2 unspecified atom stereocenters. The van der Waals surface area contributed by atoms with Crippen molar-refractivity contribution >= 4 is 0 Å². The topological polar surface area (TPSA) is 30.5 Å². The van der Waals surface area contributed by atoms with Gasteiger partial charge in [0, 0.05) is 33.0 Å². The van der Waals surface area contributed by atoms with E-state index >= 15 is 0 Å². The van der Waals surface area contributed by atoms with Crippen molar-refractivity contribution in [3.8, 4) is 0 Å². The summed E-state index contributed by atoms with van der Waals surface area (Å²) in [5.74, 6) is 0.668. The Hall–Kier alpha value is -0.120. The summed E-state index contributed by atoms with van der Waals surface area (Å²) in [6.07, 6.45) is 3.46. The highest BCUT2D eigenvalue weighted by Gasteiger charge is 2.15. The Kier molecular flexibility index (Phi) is 11.3. The third-order valence-corrected chi connectivity index (χ3v) is 2.94. The zero-order valence-corrected chi connectivity index (χ0v) is 11.4. The number of methoxy groups -OCH3 is 1. The quantitative estimate of drug-likeness (QED) is 0.554. The number of hydrogen-bond donors (Lipinski definition) is 1. The summed E-state index contributed by atoms with van der Waals surface area (Å²) in [5.41, 5.74) is 0. The molecule has 0 aliphatic heterocycles. The van der Waals surface area contributed by atoms with E-state index in [0.29, 0.717) is 12.0 Å². The average molecular weight is 231 g/mol. The summed E-state index contributed by atoms with van der Waals surface area (Å²) in [7, 11) is 1.77. The third-order valence-electron chi connectivity index (χ3n) is 2.94. The number of nitrogens with one attached hydrogen (secondary N) is 1. The van der Waals surface area contributed by atoms with Crippen LogP contribution in [-0.4, -0.2) is 39.5 Å². The first kappa shape index (κ1) is 15.9. The van der Waals surface area contributed by atoms with Gasteiger partial charge in [0.25, 0.3) is 0 Å². The maximum Gasteiger partial charge on any atom is 0.0466 e. The molecule has 0 saturated carbocycles. The van der Waals surface area contributed by atoms with Crippen LogP contribution in [0.5, 0.6) is 0 Å². The fraction of sp³-hybridized carbons (Fsp3) is 1.00. The van der Waals surface area contributed by atoms with Crippen molar-refractivity contribution in [3.63, 3.8) is 0 Å². The monoisotopic (exact) mass is 231 g/mol. The van der Waals surface area contributed by atoms with Crippen LogP contribution in [0.25, 0.3) is 0 Å². The molecule has 0 bridgehead atoms. The molecule has 16 heavy (non-hydrogen) atoms. The lowest BCUT2D eigenvalue weighted by Gasteiger charge is -2.24. The van der Waals surface area contributed by atoms with E-state index in [1.54, 1.807) is 7.11 Å². The minimum Gasteiger partial charge on any atom is -0.385 e. The maximum atomic E-state index is 5.37. The molecule has 2 atom stereocenters. The van der Waals surface area contributed by atoms with Gasteiger partial charge in [-0.15, -0.1) is 0 Å². The molecule has 98 valence electrons. The molecule has 3 heteroatoms. The van der Waals surface area contributed by atoms with Gasteiger partial charge in [-0.3, -0.25) is 0 Å². The van der Waals surface area contributed by atoms with Crippen molar-refractivity contribution < 1.29 is 9.47 Å². The van der Waals surface area contributed by atoms with Crippen LogP contribution in [0.4, 0.5) is 0 Å². The van der Waals surface area contributed by atoms with Gasteiger partial charge in [-0.1, -0.05) is 13.8 Å². The van der Waals surface area contributed by atoms with Crippen molar-refractivity contribution in [1.29, 1.82) is 0 Å². The molecule has 0 aliphatic carbocycles. The SMILES string of the molecule is CCNC(CCCOCC)C(C)CCOC. The number of rotatable bonds is 11. The summed E-state index contributed by atoms with van der Waals surface area (Å²) in [4.78, 5) is 0. The molecule has 0 amide bonds. The van der Waals surface area contributed by atoms with Crippen molar-refractivity contribution in [1.82, 2.24) is 5.32 Å². The van der Waals surface area contributed by atoms with Gasteiger partial charge in [0.15, 0.2) is 0 Å². The van der Waals surface area contributed by atoms with Crippen molar-refractivity contribution in [3.05, 3.63) is 0 Å². The van der Waals surface area contributed by atoms with Crippen LogP contribution < -0.4 is 5.32 Å². The highest BCUT2D eigenvalue weighted by Crippen LogP contribution is 2.13. The summed E-state index contributed by atoms with van der Waals surface area (Å²) in [6, 6.07) is 0.598. The van der Waals surface area contributed by atoms with Gasteiger partial charge in [-0.05, 0) is 38.6 Å². The molecule has 0 heterocycles. The van der Waals surface area contributed by atoms with Crippen LogP contribution >= 0.6 is 0 Å². The predicted octanol–water partition coefficient (Wildman–Crippen LogP) is 2.45. The molecule has 0 saturated heterocycles. The molecule has 0 rings (SSSR count). The zero-order chi connectivity index (χ0) is 12.2. The van der Waals surface area contributed by atoms with Gasteiger partial charge >= 0.3 is 0 Å². The van der Waals surface area contributed by atoms with Crippen molar-refractivity contribution in [2.45, 2.75) is 46.1 Å². The Labute approximate surface area is 101 Å². The Bertz CT molecular complexity index is 142. The van der Waals surface area contributed by atoms with Crippen LogP contribution in [0.15, 0.2) is 0 Å². The molecule has 0 radical (unpaired) electrons. The second-order valence-corrected chi connectivity index (χ2v) is 4.26. The van der Waals surface area contributed by atoms with Gasteiger partial charge in [-0.25, -0.2) is 0 Å². The molecule has 1 N–H and O–H groups in total. The zero-order valence-electron chi connectivity index (χ0n) is 11.4. The van der Waals surface area contributed by atoms with Crippen LogP contribution in [0, 0.1) is 5.92 Å². The van der Waals surface area contributed by atoms with Crippen LogP contribution in [-0.2, 0) is 9.47 Å². The molecular weight excluding hydrogens is 202 g/mol. The van der Waals surface area contributed by atoms with E-state index in [0.717, 1.165) is 39.2 Å². The largest absolute Gasteiger partial charge is 0.385 e. The lowest BCUT2D eigenvalue weighted by Crippen LogP contribution is -2.35. The van der Waals surface area contributed by atoms with Crippen molar-refractivity contribution in [2.24, 2.45) is 5.92 Å². The average Bonchev–Trinajstić information content (AvgIpc) is 2.30. The van der Waals surface area contributed by atoms with E-state index in [2.05, 4.69) is 19.2 Å². The molecule has 0 aromatic carbocycles. The fourth-order valence-corrected chi connectivity index (χ4v) is 1.90. The van der Waals surface area contributed by atoms with Crippen LogP contribution in [0.3, 0.4) is 0 Å². The highest BCUT2D eigenvalue weighted by atomic mass is 16.5. The Morgan fingerprint density at radius 2 is 1.88 bits per heavy atom. The third kappa shape index (κ3) is 8.08. The van der Waals surface area contributed by atoms with E-state index in [4.69, 9.17) is 9.47 Å². The summed E-state index contributed by atoms with van der Waals surface area (Å²) in [6.45, 7) is 10.1. The lowest BCUT2D eigenvalue weighted by molar-refractivity contribution is 0.134. The molecule has 0 fully saturated rings. The van der Waals surface area contributed by atoms with Gasteiger partial charge in [0.1, 0.15) is 0 Å². The Balaban J connectivity index is 3.75. The summed E-state index contributed by atoms with van der Waals surface area (Å²) >= 11 is 0. The molecule has 0 aliphatic rings. The van der Waals surface area contributed by atoms with E-state index < -0.39 is 0 Å². The molecule has 3 nitrogen and oxygen atoms in total. The second kappa shape index (κ2) is 11.4. The Morgan fingerprint density at radius 3 is 2.44 bits per heavy atom. The van der Waals surface area contributed by atoms with E-state index in [-0.39, 0.29) is 0 Å². The fourth-order valence-electron chi connectivity index (χ4n) is 1.90. The predicted molar refractivity (Wildman–Crippen MR) is 68.8 cm³/mol. The van der Waals surface area contributed by atoms with Gasteiger partial charge < -0.3 is 14.8 Å². The van der Waals surface area contributed by atoms with Crippen LogP contribution in [0.1, 0.15) is 40.0 Å². The number of hydrogen-bond acceptors (Lipinski definition) is 3. The van der Waals surface area contributed by atoms with Crippen molar-refractivity contribution in [2.75, 3.05) is 33.5 Å². The first-order valence-corrected chi connectivity index (χ1v) is 6.56. The standard InChI is InChI=1S/C13H29NO2/c1-5-14-13(8-7-10-16-6-2)12(3)9-11-15-4/h12-14H,5-11H2,1-4H3. The molecule has 0 aromatic rings. The smallest absolute Gasteiger partial charge is 0.0466 e. The molecular formula is C13H29NO2. The minimum absolute atomic E-state index is 0.598. The van der Waals surface area contributed by atoms with Gasteiger partial charge in [-0.2, -0.15) is 0 Å². The van der Waals surface area contributed by atoms with E-state index in [1.807, 2.05) is 6.92 Å². The van der Waals surface area contributed by atoms with E-state index in [9.17, 15) is 0 Å².